The van der Waals surface area contributed by atoms with Crippen molar-refractivity contribution in [2.45, 2.75) is 12.8 Å². The highest BCUT2D eigenvalue weighted by Crippen LogP contribution is 2.24. The van der Waals surface area contributed by atoms with Crippen molar-refractivity contribution in [3.63, 3.8) is 0 Å². The van der Waals surface area contributed by atoms with E-state index in [0.29, 0.717) is 15.8 Å². The molecule has 1 amide bonds. The Morgan fingerprint density at radius 3 is 2.35 bits per heavy atom. The lowest BCUT2D eigenvalue weighted by Crippen LogP contribution is -2.32. The third-order valence-electron chi connectivity index (χ3n) is 2.66. The molecular formula is C12H13Cl2NO2. The topological polar surface area (TPSA) is 29.5 Å². The number of benzene rings is 1. The van der Waals surface area contributed by atoms with E-state index in [1.807, 2.05) is 4.90 Å². The van der Waals surface area contributed by atoms with E-state index in [1.54, 1.807) is 18.2 Å². The molecule has 0 bridgehead atoms. The molecule has 0 spiro atoms. The first-order valence-electron chi connectivity index (χ1n) is 5.52. The van der Waals surface area contributed by atoms with Gasteiger partial charge in [0.25, 0.3) is 5.91 Å². The minimum Gasteiger partial charge on any atom is -0.484 e. The number of carbonyl (C=O) groups excluding carboxylic acids is 1. The zero-order chi connectivity index (χ0) is 12.3. The number of carbonyl (C=O) groups is 1. The van der Waals surface area contributed by atoms with E-state index < -0.39 is 0 Å². The van der Waals surface area contributed by atoms with E-state index in [0.717, 1.165) is 25.9 Å². The van der Waals surface area contributed by atoms with Crippen molar-refractivity contribution in [1.29, 1.82) is 0 Å². The van der Waals surface area contributed by atoms with Gasteiger partial charge >= 0.3 is 0 Å². The molecule has 17 heavy (non-hydrogen) atoms. The van der Waals surface area contributed by atoms with Crippen LogP contribution in [-0.2, 0) is 4.79 Å². The molecular weight excluding hydrogens is 261 g/mol. The van der Waals surface area contributed by atoms with Crippen molar-refractivity contribution in [2.24, 2.45) is 0 Å². The molecule has 1 saturated heterocycles. The molecule has 0 N–H and O–H groups in total. The lowest BCUT2D eigenvalue weighted by Gasteiger charge is -2.15. The average Bonchev–Trinajstić information content (AvgIpc) is 2.78. The van der Waals surface area contributed by atoms with Gasteiger partial charge in [-0.3, -0.25) is 4.79 Å². The van der Waals surface area contributed by atoms with Crippen LogP contribution in [0.25, 0.3) is 0 Å². The molecule has 1 aromatic rings. The van der Waals surface area contributed by atoms with Gasteiger partial charge in [0.05, 0.1) is 0 Å². The Balaban J connectivity index is 1.90. The van der Waals surface area contributed by atoms with Gasteiger partial charge in [0.2, 0.25) is 0 Å². The van der Waals surface area contributed by atoms with Gasteiger partial charge in [0, 0.05) is 23.1 Å². The summed E-state index contributed by atoms with van der Waals surface area (Å²) in [5.41, 5.74) is 0. The second-order valence-electron chi connectivity index (χ2n) is 3.98. The monoisotopic (exact) mass is 273 g/mol. The number of hydrogen-bond donors (Lipinski definition) is 0. The molecule has 0 atom stereocenters. The number of likely N-dealkylation sites (tertiary alicyclic amines) is 1. The van der Waals surface area contributed by atoms with Gasteiger partial charge in [-0.25, -0.2) is 0 Å². The summed E-state index contributed by atoms with van der Waals surface area (Å²) in [6.07, 6.45) is 2.16. The number of ether oxygens (including phenoxy) is 1. The van der Waals surface area contributed by atoms with Gasteiger partial charge in [-0.2, -0.15) is 0 Å². The van der Waals surface area contributed by atoms with E-state index in [2.05, 4.69) is 0 Å². The molecule has 0 saturated carbocycles. The number of amides is 1. The van der Waals surface area contributed by atoms with Crippen molar-refractivity contribution in [1.82, 2.24) is 4.90 Å². The maximum Gasteiger partial charge on any atom is 0.260 e. The highest BCUT2D eigenvalue weighted by atomic mass is 35.5. The normalized spacial score (nSPS) is 15.1. The molecule has 2 rings (SSSR count). The largest absolute Gasteiger partial charge is 0.484 e. The Kier molecular flexibility index (Phi) is 4.13. The summed E-state index contributed by atoms with van der Waals surface area (Å²) in [7, 11) is 0. The van der Waals surface area contributed by atoms with Gasteiger partial charge in [-0.15, -0.1) is 0 Å². The third kappa shape index (κ3) is 3.51. The first-order chi connectivity index (χ1) is 8.15. The zero-order valence-electron chi connectivity index (χ0n) is 9.29. The van der Waals surface area contributed by atoms with E-state index in [9.17, 15) is 4.79 Å². The maximum atomic E-state index is 11.7. The zero-order valence-corrected chi connectivity index (χ0v) is 10.8. The van der Waals surface area contributed by atoms with Gasteiger partial charge in [-0.05, 0) is 31.0 Å². The summed E-state index contributed by atoms with van der Waals surface area (Å²) in [6, 6.07) is 4.91. The summed E-state index contributed by atoms with van der Waals surface area (Å²) in [4.78, 5) is 13.5. The molecule has 1 aliphatic rings. The smallest absolute Gasteiger partial charge is 0.260 e. The number of halogens is 2. The fourth-order valence-electron chi connectivity index (χ4n) is 1.81. The Morgan fingerprint density at radius 2 is 1.76 bits per heavy atom. The molecule has 0 aromatic heterocycles. The SMILES string of the molecule is O=C(COc1cc(Cl)cc(Cl)c1)N1CCCC1. The second kappa shape index (κ2) is 5.61. The highest BCUT2D eigenvalue weighted by molar-refractivity contribution is 6.34. The lowest BCUT2D eigenvalue weighted by molar-refractivity contribution is -0.132. The molecule has 1 fully saturated rings. The molecule has 5 heteroatoms. The van der Waals surface area contributed by atoms with Crippen LogP contribution in [0, 0.1) is 0 Å². The van der Waals surface area contributed by atoms with Gasteiger partial charge in [0.15, 0.2) is 6.61 Å². The van der Waals surface area contributed by atoms with Crippen molar-refractivity contribution < 1.29 is 9.53 Å². The number of hydrogen-bond acceptors (Lipinski definition) is 2. The highest BCUT2D eigenvalue weighted by Gasteiger charge is 2.18. The fraction of sp³-hybridized carbons (Fsp3) is 0.417. The molecule has 0 radical (unpaired) electrons. The van der Waals surface area contributed by atoms with Crippen LogP contribution in [0.1, 0.15) is 12.8 Å². The molecule has 0 aliphatic carbocycles. The van der Waals surface area contributed by atoms with Crippen LogP contribution in [0.15, 0.2) is 18.2 Å². The number of rotatable bonds is 3. The molecule has 1 heterocycles. The molecule has 3 nitrogen and oxygen atoms in total. The van der Waals surface area contributed by atoms with Crippen molar-refractivity contribution >= 4 is 29.1 Å². The summed E-state index contributed by atoms with van der Waals surface area (Å²) in [6.45, 7) is 1.70. The fourth-order valence-corrected chi connectivity index (χ4v) is 2.32. The predicted molar refractivity (Wildman–Crippen MR) is 67.8 cm³/mol. The van der Waals surface area contributed by atoms with Crippen LogP contribution in [0.5, 0.6) is 5.75 Å². The Labute approximate surface area is 110 Å². The standard InChI is InChI=1S/C12H13Cl2NO2/c13-9-5-10(14)7-11(6-9)17-8-12(16)15-3-1-2-4-15/h5-7H,1-4,8H2. The summed E-state index contributed by atoms with van der Waals surface area (Å²) < 4.78 is 5.38. The van der Waals surface area contributed by atoms with Crippen LogP contribution in [0.4, 0.5) is 0 Å². The minimum absolute atomic E-state index is 0.0126. The van der Waals surface area contributed by atoms with Gasteiger partial charge in [0.1, 0.15) is 5.75 Å². The van der Waals surface area contributed by atoms with Crippen molar-refractivity contribution in [2.75, 3.05) is 19.7 Å². The van der Waals surface area contributed by atoms with Gasteiger partial charge < -0.3 is 9.64 Å². The molecule has 0 unspecified atom stereocenters. The van der Waals surface area contributed by atoms with Crippen LogP contribution < -0.4 is 4.74 Å². The second-order valence-corrected chi connectivity index (χ2v) is 4.85. The average molecular weight is 274 g/mol. The Morgan fingerprint density at radius 1 is 1.18 bits per heavy atom. The van der Waals surface area contributed by atoms with Crippen molar-refractivity contribution in [3.05, 3.63) is 28.2 Å². The molecule has 1 aliphatic heterocycles. The lowest BCUT2D eigenvalue weighted by atomic mass is 10.3. The Bertz CT molecular complexity index is 397. The van der Waals surface area contributed by atoms with E-state index in [1.165, 1.54) is 0 Å². The van der Waals surface area contributed by atoms with E-state index in [-0.39, 0.29) is 12.5 Å². The first-order valence-corrected chi connectivity index (χ1v) is 6.27. The van der Waals surface area contributed by atoms with Crippen LogP contribution in [0.2, 0.25) is 10.0 Å². The first kappa shape index (κ1) is 12.5. The van der Waals surface area contributed by atoms with E-state index in [4.69, 9.17) is 27.9 Å². The minimum atomic E-state index is 0.0126. The van der Waals surface area contributed by atoms with Gasteiger partial charge in [-0.1, -0.05) is 23.2 Å². The third-order valence-corrected chi connectivity index (χ3v) is 3.09. The Hall–Kier alpha value is -0.930. The molecule has 1 aromatic carbocycles. The van der Waals surface area contributed by atoms with Crippen LogP contribution >= 0.6 is 23.2 Å². The molecule has 92 valence electrons. The summed E-state index contributed by atoms with van der Waals surface area (Å²) in [5, 5.41) is 1.00. The summed E-state index contributed by atoms with van der Waals surface area (Å²) in [5.74, 6) is 0.536. The van der Waals surface area contributed by atoms with E-state index >= 15 is 0 Å². The number of nitrogens with zero attached hydrogens (tertiary/aromatic N) is 1. The quantitative estimate of drug-likeness (QED) is 0.848. The van der Waals surface area contributed by atoms with Crippen molar-refractivity contribution in [3.8, 4) is 5.75 Å². The van der Waals surface area contributed by atoms with Crippen LogP contribution in [0.3, 0.4) is 0 Å². The van der Waals surface area contributed by atoms with Crippen LogP contribution in [-0.4, -0.2) is 30.5 Å². The predicted octanol–water partition coefficient (Wildman–Crippen LogP) is 2.99. The maximum absolute atomic E-state index is 11.7. The summed E-state index contributed by atoms with van der Waals surface area (Å²) >= 11 is 11.7.